The van der Waals surface area contributed by atoms with Gasteiger partial charge in [-0.25, -0.2) is 9.78 Å². The Hall–Kier alpha value is -1.10. The van der Waals surface area contributed by atoms with Gasteiger partial charge in [0.25, 0.3) is 0 Å². The van der Waals surface area contributed by atoms with Gasteiger partial charge in [-0.15, -0.1) is 0 Å². The molecule has 0 aliphatic heterocycles. The van der Waals surface area contributed by atoms with Crippen molar-refractivity contribution in [2.24, 2.45) is 0 Å². The lowest BCUT2D eigenvalue weighted by atomic mass is 10.2. The minimum atomic E-state index is -0.125. The number of halogens is 1. The van der Waals surface area contributed by atoms with E-state index in [2.05, 4.69) is 33.2 Å². The van der Waals surface area contributed by atoms with E-state index in [1.807, 2.05) is 12.1 Å². The summed E-state index contributed by atoms with van der Waals surface area (Å²) in [6.45, 7) is 2.85. The van der Waals surface area contributed by atoms with Crippen molar-refractivity contribution in [1.82, 2.24) is 10.3 Å². The van der Waals surface area contributed by atoms with E-state index in [1.54, 1.807) is 13.2 Å². The minimum Gasteiger partial charge on any atom is -0.338 e. The summed E-state index contributed by atoms with van der Waals surface area (Å²) in [5, 5.41) is 2.87. The summed E-state index contributed by atoms with van der Waals surface area (Å²) in [5.41, 5.74) is 0. The highest BCUT2D eigenvalue weighted by Crippen LogP contribution is 2.21. The first-order valence-corrected chi connectivity index (χ1v) is 6.58. The number of carbonyl (C=O) groups excluding carboxylic acids is 1. The summed E-state index contributed by atoms with van der Waals surface area (Å²) < 4.78 is 0.811. The molecule has 0 aliphatic rings. The summed E-state index contributed by atoms with van der Waals surface area (Å²) in [6.07, 6.45) is 4.97. The van der Waals surface area contributed by atoms with Crippen LogP contribution in [0.2, 0.25) is 0 Å². The molecule has 1 heterocycles. The van der Waals surface area contributed by atoms with Gasteiger partial charge in [-0.1, -0.05) is 19.8 Å². The minimum absolute atomic E-state index is 0.125. The van der Waals surface area contributed by atoms with Crippen molar-refractivity contribution in [3.63, 3.8) is 0 Å². The molecule has 0 radical (unpaired) electrons. The molecule has 0 atom stereocenters. The van der Waals surface area contributed by atoms with Gasteiger partial charge in [0.15, 0.2) is 5.82 Å². The molecular weight excluding hydrogens is 282 g/mol. The summed E-state index contributed by atoms with van der Waals surface area (Å²) in [7, 11) is 1.71. The van der Waals surface area contributed by atoms with Crippen LogP contribution >= 0.6 is 15.9 Å². The lowest BCUT2D eigenvalue weighted by molar-refractivity contribution is 0.247. The summed E-state index contributed by atoms with van der Waals surface area (Å²) in [6, 6.07) is 3.56. The standard InChI is InChI=1S/C12H18BrN3O/c1-3-4-5-8-15-12(17)16(2)11-10(13)7-6-9-14-11/h6-7,9H,3-5,8H2,1-2H3,(H,15,17). The molecule has 0 aliphatic carbocycles. The number of pyridine rings is 1. The van der Waals surface area contributed by atoms with E-state index < -0.39 is 0 Å². The lowest BCUT2D eigenvalue weighted by Crippen LogP contribution is -2.38. The number of aromatic nitrogens is 1. The van der Waals surface area contributed by atoms with E-state index in [0.717, 1.165) is 23.7 Å². The zero-order chi connectivity index (χ0) is 12.7. The molecule has 0 saturated carbocycles. The summed E-state index contributed by atoms with van der Waals surface area (Å²) >= 11 is 3.37. The van der Waals surface area contributed by atoms with E-state index in [9.17, 15) is 4.79 Å². The van der Waals surface area contributed by atoms with Gasteiger partial charge in [-0.05, 0) is 34.5 Å². The number of unbranched alkanes of at least 4 members (excludes halogenated alkanes) is 2. The predicted octanol–water partition coefficient (Wildman–Crippen LogP) is 3.18. The van der Waals surface area contributed by atoms with Crippen LogP contribution < -0.4 is 10.2 Å². The Bertz CT molecular complexity index is 371. The van der Waals surface area contributed by atoms with Crippen LogP contribution in [0.15, 0.2) is 22.8 Å². The molecule has 94 valence electrons. The molecule has 4 nitrogen and oxygen atoms in total. The van der Waals surface area contributed by atoms with Gasteiger partial charge in [0, 0.05) is 19.8 Å². The monoisotopic (exact) mass is 299 g/mol. The van der Waals surface area contributed by atoms with Crippen molar-refractivity contribution < 1.29 is 4.79 Å². The Balaban J connectivity index is 2.49. The van der Waals surface area contributed by atoms with Crippen LogP contribution in [0.25, 0.3) is 0 Å². The molecule has 1 N–H and O–H groups in total. The number of anilines is 1. The lowest BCUT2D eigenvalue weighted by Gasteiger charge is -2.18. The SMILES string of the molecule is CCCCCNC(=O)N(C)c1ncccc1Br. The molecule has 0 fully saturated rings. The summed E-state index contributed by atoms with van der Waals surface area (Å²) in [4.78, 5) is 17.5. The summed E-state index contributed by atoms with van der Waals surface area (Å²) in [5.74, 6) is 0.625. The van der Waals surface area contributed by atoms with Gasteiger partial charge in [-0.2, -0.15) is 0 Å². The van der Waals surface area contributed by atoms with Crippen molar-refractivity contribution in [2.75, 3.05) is 18.5 Å². The highest BCUT2D eigenvalue weighted by atomic mass is 79.9. The van der Waals surface area contributed by atoms with Crippen LogP contribution in [0.4, 0.5) is 10.6 Å². The molecular formula is C12H18BrN3O. The van der Waals surface area contributed by atoms with Crippen LogP contribution in [0.1, 0.15) is 26.2 Å². The van der Waals surface area contributed by atoms with E-state index in [1.165, 1.54) is 4.90 Å². The smallest absolute Gasteiger partial charge is 0.322 e. The highest BCUT2D eigenvalue weighted by Gasteiger charge is 2.13. The van der Waals surface area contributed by atoms with Crippen LogP contribution in [0.5, 0.6) is 0 Å². The van der Waals surface area contributed by atoms with Crippen molar-refractivity contribution in [3.8, 4) is 0 Å². The molecule has 5 heteroatoms. The van der Waals surface area contributed by atoms with Crippen molar-refractivity contribution >= 4 is 27.8 Å². The largest absolute Gasteiger partial charge is 0.338 e. The van der Waals surface area contributed by atoms with Crippen molar-refractivity contribution in [3.05, 3.63) is 22.8 Å². The second kappa shape index (κ2) is 7.27. The number of amides is 2. The zero-order valence-corrected chi connectivity index (χ0v) is 11.8. The van der Waals surface area contributed by atoms with Crippen LogP contribution in [-0.4, -0.2) is 24.6 Å². The third-order valence-corrected chi connectivity index (χ3v) is 3.04. The molecule has 0 spiro atoms. The maximum absolute atomic E-state index is 11.8. The van der Waals surface area contributed by atoms with Crippen molar-refractivity contribution in [1.29, 1.82) is 0 Å². The van der Waals surface area contributed by atoms with Crippen molar-refractivity contribution in [2.45, 2.75) is 26.2 Å². The fourth-order valence-electron chi connectivity index (χ4n) is 1.41. The average Bonchev–Trinajstić information content (AvgIpc) is 2.34. The molecule has 0 saturated heterocycles. The molecule has 17 heavy (non-hydrogen) atoms. The Kier molecular flexibility index (Phi) is 5.97. The topological polar surface area (TPSA) is 45.2 Å². The third kappa shape index (κ3) is 4.34. The van der Waals surface area contributed by atoms with E-state index in [0.29, 0.717) is 12.4 Å². The fourth-order valence-corrected chi connectivity index (χ4v) is 1.93. The van der Waals surface area contributed by atoms with Gasteiger partial charge in [-0.3, -0.25) is 4.90 Å². The quantitative estimate of drug-likeness (QED) is 0.849. The van der Waals surface area contributed by atoms with E-state index >= 15 is 0 Å². The Morgan fingerprint density at radius 1 is 1.53 bits per heavy atom. The molecule has 1 aromatic rings. The average molecular weight is 300 g/mol. The molecule has 0 unspecified atom stereocenters. The second-order valence-electron chi connectivity index (χ2n) is 3.81. The first-order valence-electron chi connectivity index (χ1n) is 5.79. The number of carbonyl (C=O) groups is 1. The van der Waals surface area contributed by atoms with E-state index in [-0.39, 0.29) is 6.03 Å². The Morgan fingerprint density at radius 3 is 2.94 bits per heavy atom. The number of rotatable bonds is 5. The van der Waals surface area contributed by atoms with E-state index in [4.69, 9.17) is 0 Å². The number of urea groups is 1. The van der Waals surface area contributed by atoms with Gasteiger partial charge in [0.2, 0.25) is 0 Å². The molecule has 1 aromatic heterocycles. The van der Waals surface area contributed by atoms with Gasteiger partial charge in [0.05, 0.1) is 4.47 Å². The molecule has 2 amide bonds. The van der Waals surface area contributed by atoms with Gasteiger partial charge < -0.3 is 5.32 Å². The number of nitrogens with zero attached hydrogens (tertiary/aromatic N) is 2. The maximum atomic E-state index is 11.8. The van der Waals surface area contributed by atoms with Crippen LogP contribution in [0, 0.1) is 0 Å². The van der Waals surface area contributed by atoms with Gasteiger partial charge >= 0.3 is 6.03 Å². The molecule has 1 rings (SSSR count). The normalized spacial score (nSPS) is 10.1. The van der Waals surface area contributed by atoms with Crippen LogP contribution in [-0.2, 0) is 0 Å². The zero-order valence-electron chi connectivity index (χ0n) is 10.2. The fraction of sp³-hybridized carbons (Fsp3) is 0.500. The Morgan fingerprint density at radius 2 is 2.29 bits per heavy atom. The molecule has 0 bridgehead atoms. The van der Waals surface area contributed by atoms with Gasteiger partial charge in [0.1, 0.15) is 0 Å². The Labute approximate surface area is 111 Å². The predicted molar refractivity (Wildman–Crippen MR) is 73.3 cm³/mol. The first-order chi connectivity index (χ1) is 8.16. The number of hydrogen-bond donors (Lipinski definition) is 1. The highest BCUT2D eigenvalue weighted by molar-refractivity contribution is 9.10. The molecule has 0 aromatic carbocycles. The maximum Gasteiger partial charge on any atom is 0.322 e. The third-order valence-electron chi connectivity index (χ3n) is 2.42. The van der Waals surface area contributed by atoms with Crippen LogP contribution in [0.3, 0.4) is 0 Å². The first kappa shape index (κ1) is 14.0. The number of nitrogens with one attached hydrogen (secondary N) is 1. The second-order valence-corrected chi connectivity index (χ2v) is 4.66. The number of hydrogen-bond acceptors (Lipinski definition) is 2.